The molecular weight excluding hydrogens is 374 g/mol. The zero-order valence-corrected chi connectivity index (χ0v) is 17.2. The molecule has 1 aromatic heterocycles. The van der Waals surface area contributed by atoms with Crippen molar-refractivity contribution in [3.8, 4) is 0 Å². The summed E-state index contributed by atoms with van der Waals surface area (Å²) in [6, 6.07) is 9.58. The SMILES string of the molecule is Cc1nc(SC(C(=O)N2CCOCC2)c2ccccc2)c(C(N)=O)c(C)c1C. The van der Waals surface area contributed by atoms with Crippen LogP contribution in [0.5, 0.6) is 0 Å². The van der Waals surface area contributed by atoms with E-state index in [4.69, 9.17) is 10.5 Å². The van der Waals surface area contributed by atoms with Crippen LogP contribution in [0, 0.1) is 20.8 Å². The fourth-order valence-electron chi connectivity index (χ4n) is 3.24. The minimum Gasteiger partial charge on any atom is -0.378 e. The number of pyridine rings is 1. The number of ether oxygens (including phenoxy) is 1. The van der Waals surface area contributed by atoms with Crippen LogP contribution in [-0.2, 0) is 9.53 Å². The maximum absolute atomic E-state index is 13.3. The normalized spacial score (nSPS) is 15.3. The summed E-state index contributed by atoms with van der Waals surface area (Å²) < 4.78 is 5.37. The number of hydrogen-bond acceptors (Lipinski definition) is 5. The Kier molecular flexibility index (Phi) is 6.36. The van der Waals surface area contributed by atoms with E-state index in [9.17, 15) is 9.59 Å². The van der Waals surface area contributed by atoms with Crippen LogP contribution in [0.15, 0.2) is 35.4 Å². The second kappa shape index (κ2) is 8.75. The number of hydrogen-bond donors (Lipinski definition) is 1. The number of rotatable bonds is 5. The number of nitrogens with two attached hydrogens (primary N) is 1. The molecular formula is C21H25N3O3S. The monoisotopic (exact) mass is 399 g/mol. The van der Waals surface area contributed by atoms with Gasteiger partial charge < -0.3 is 15.4 Å². The molecule has 0 bridgehead atoms. The van der Waals surface area contributed by atoms with Crippen molar-refractivity contribution in [2.75, 3.05) is 26.3 Å². The van der Waals surface area contributed by atoms with Crippen LogP contribution in [0.25, 0.3) is 0 Å². The highest BCUT2D eigenvalue weighted by Gasteiger charge is 2.30. The Morgan fingerprint density at radius 2 is 1.75 bits per heavy atom. The Bertz CT molecular complexity index is 880. The molecule has 0 saturated carbocycles. The zero-order chi connectivity index (χ0) is 20.3. The Morgan fingerprint density at radius 1 is 1.11 bits per heavy atom. The molecule has 0 aliphatic carbocycles. The van der Waals surface area contributed by atoms with Gasteiger partial charge in [0.25, 0.3) is 5.91 Å². The molecule has 2 aromatic rings. The van der Waals surface area contributed by atoms with E-state index in [0.29, 0.717) is 36.9 Å². The van der Waals surface area contributed by atoms with Gasteiger partial charge in [0.05, 0.1) is 18.8 Å². The summed E-state index contributed by atoms with van der Waals surface area (Å²) in [4.78, 5) is 31.9. The second-order valence-electron chi connectivity index (χ2n) is 6.84. The van der Waals surface area contributed by atoms with Gasteiger partial charge in [0.2, 0.25) is 5.91 Å². The first kappa shape index (κ1) is 20.4. The highest BCUT2D eigenvalue weighted by molar-refractivity contribution is 8.00. The highest BCUT2D eigenvalue weighted by Crippen LogP contribution is 2.39. The standard InChI is InChI=1S/C21H25N3O3S/c1-13-14(2)17(19(22)25)20(23-15(13)3)28-18(16-7-5-4-6-8-16)21(26)24-9-11-27-12-10-24/h4-8,18H,9-12H2,1-3H3,(H2,22,25). The van der Waals surface area contributed by atoms with E-state index in [1.54, 1.807) is 0 Å². The van der Waals surface area contributed by atoms with Crippen LogP contribution in [-0.4, -0.2) is 48.0 Å². The fraction of sp³-hybridized carbons (Fsp3) is 0.381. The number of nitrogens with zero attached hydrogens (tertiary/aromatic N) is 2. The Balaban J connectivity index is 2.03. The van der Waals surface area contributed by atoms with Gasteiger partial charge in [-0.3, -0.25) is 9.59 Å². The lowest BCUT2D eigenvalue weighted by molar-refractivity contribution is -0.134. The zero-order valence-electron chi connectivity index (χ0n) is 16.4. The van der Waals surface area contributed by atoms with E-state index < -0.39 is 11.2 Å². The topological polar surface area (TPSA) is 85.5 Å². The molecule has 0 radical (unpaired) electrons. The van der Waals surface area contributed by atoms with Crippen LogP contribution in [0.4, 0.5) is 0 Å². The van der Waals surface area contributed by atoms with E-state index >= 15 is 0 Å². The van der Waals surface area contributed by atoms with Crippen LogP contribution >= 0.6 is 11.8 Å². The van der Waals surface area contributed by atoms with Crippen molar-refractivity contribution in [3.05, 3.63) is 58.3 Å². The van der Waals surface area contributed by atoms with Gasteiger partial charge in [0.15, 0.2) is 0 Å². The average molecular weight is 400 g/mol. The van der Waals surface area contributed by atoms with Crippen LogP contribution in [0.1, 0.15) is 38.0 Å². The van der Waals surface area contributed by atoms with Gasteiger partial charge in [0, 0.05) is 18.8 Å². The van der Waals surface area contributed by atoms with E-state index in [-0.39, 0.29) is 5.91 Å². The van der Waals surface area contributed by atoms with Gasteiger partial charge in [0.1, 0.15) is 10.3 Å². The summed E-state index contributed by atoms with van der Waals surface area (Å²) in [5.41, 5.74) is 9.51. The fourth-order valence-corrected chi connectivity index (χ4v) is 4.56. The molecule has 1 unspecified atom stereocenters. The third-order valence-corrected chi connectivity index (χ3v) is 6.32. The van der Waals surface area contributed by atoms with Crippen molar-refractivity contribution in [2.24, 2.45) is 5.73 Å². The van der Waals surface area contributed by atoms with Gasteiger partial charge >= 0.3 is 0 Å². The van der Waals surface area contributed by atoms with E-state index in [1.165, 1.54) is 11.8 Å². The van der Waals surface area contributed by atoms with Gasteiger partial charge in [-0.05, 0) is 37.5 Å². The summed E-state index contributed by atoms with van der Waals surface area (Å²) >= 11 is 1.29. The van der Waals surface area contributed by atoms with Gasteiger partial charge in [-0.2, -0.15) is 0 Å². The van der Waals surface area contributed by atoms with E-state index in [1.807, 2.05) is 56.0 Å². The molecule has 2 heterocycles. The number of morpholine rings is 1. The molecule has 6 nitrogen and oxygen atoms in total. The van der Waals surface area contributed by atoms with Crippen molar-refractivity contribution >= 4 is 23.6 Å². The number of amides is 2. The first-order valence-electron chi connectivity index (χ1n) is 9.26. The molecule has 1 aromatic carbocycles. The lowest BCUT2D eigenvalue weighted by Gasteiger charge is -2.30. The lowest BCUT2D eigenvalue weighted by atomic mass is 10.0. The summed E-state index contributed by atoms with van der Waals surface area (Å²) in [6.07, 6.45) is 0. The smallest absolute Gasteiger partial charge is 0.251 e. The van der Waals surface area contributed by atoms with Crippen LogP contribution < -0.4 is 5.73 Å². The van der Waals surface area contributed by atoms with Gasteiger partial charge in [-0.25, -0.2) is 4.98 Å². The Labute approximate surface area is 169 Å². The molecule has 1 aliphatic heterocycles. The van der Waals surface area contributed by atoms with Crippen LogP contribution in [0.3, 0.4) is 0 Å². The van der Waals surface area contributed by atoms with Crippen molar-refractivity contribution in [2.45, 2.75) is 31.0 Å². The third kappa shape index (κ3) is 4.20. The summed E-state index contributed by atoms with van der Waals surface area (Å²) in [7, 11) is 0. The quantitative estimate of drug-likeness (QED) is 0.782. The van der Waals surface area contributed by atoms with E-state index in [2.05, 4.69) is 4.98 Å². The van der Waals surface area contributed by atoms with Crippen molar-refractivity contribution in [1.29, 1.82) is 0 Å². The van der Waals surface area contributed by atoms with Gasteiger partial charge in [-0.1, -0.05) is 42.1 Å². The predicted octanol–water partition coefficient (Wildman–Crippen LogP) is 2.80. The third-order valence-electron chi connectivity index (χ3n) is 5.09. The Morgan fingerprint density at radius 3 is 2.36 bits per heavy atom. The minimum absolute atomic E-state index is 0.00685. The number of primary amides is 1. The number of carbonyl (C=O) groups excluding carboxylic acids is 2. The second-order valence-corrected chi connectivity index (χ2v) is 7.93. The van der Waals surface area contributed by atoms with E-state index in [0.717, 1.165) is 22.4 Å². The van der Waals surface area contributed by atoms with Crippen molar-refractivity contribution in [3.63, 3.8) is 0 Å². The number of aromatic nitrogens is 1. The molecule has 2 N–H and O–H groups in total. The molecule has 3 rings (SSSR count). The van der Waals surface area contributed by atoms with Gasteiger partial charge in [-0.15, -0.1) is 0 Å². The first-order chi connectivity index (χ1) is 13.4. The number of aryl methyl sites for hydroxylation is 1. The number of thioether (sulfide) groups is 1. The summed E-state index contributed by atoms with van der Waals surface area (Å²) in [5, 5.41) is -0.00466. The molecule has 1 saturated heterocycles. The minimum atomic E-state index is -0.527. The molecule has 1 atom stereocenters. The maximum atomic E-state index is 13.3. The lowest BCUT2D eigenvalue weighted by Crippen LogP contribution is -2.42. The summed E-state index contributed by atoms with van der Waals surface area (Å²) in [6.45, 7) is 7.88. The maximum Gasteiger partial charge on any atom is 0.251 e. The predicted molar refractivity (Wildman–Crippen MR) is 109 cm³/mol. The molecule has 1 fully saturated rings. The van der Waals surface area contributed by atoms with Crippen molar-refractivity contribution < 1.29 is 14.3 Å². The molecule has 1 aliphatic rings. The largest absolute Gasteiger partial charge is 0.378 e. The highest BCUT2D eigenvalue weighted by atomic mass is 32.2. The first-order valence-corrected chi connectivity index (χ1v) is 10.1. The number of benzene rings is 1. The molecule has 28 heavy (non-hydrogen) atoms. The molecule has 7 heteroatoms. The number of carbonyl (C=O) groups is 2. The average Bonchev–Trinajstić information content (AvgIpc) is 2.70. The molecule has 0 spiro atoms. The molecule has 148 valence electrons. The summed E-state index contributed by atoms with van der Waals surface area (Å²) in [5.74, 6) is -0.533. The Hall–Kier alpha value is -2.38. The van der Waals surface area contributed by atoms with Crippen molar-refractivity contribution in [1.82, 2.24) is 9.88 Å². The van der Waals surface area contributed by atoms with Crippen LogP contribution in [0.2, 0.25) is 0 Å². The molecule has 2 amide bonds.